The topological polar surface area (TPSA) is 52.0 Å². The van der Waals surface area contributed by atoms with Gasteiger partial charge < -0.3 is 10.2 Å². The zero-order valence-electron chi connectivity index (χ0n) is 9.44. The molecule has 3 rings (SSSR count). The number of hydrogen-bond acceptors (Lipinski definition) is 3. The standard InChI is InChI=1S/C13H16N2O/c1-2-12-15-11-5-3-4-9(13(11)16-12)10-6-8(10)7-14/h3-5,8,10H,2,6-7,14H2,1H3/t8-,10+/m0/s1. The Morgan fingerprint density at radius 2 is 2.38 bits per heavy atom. The lowest BCUT2D eigenvalue weighted by Crippen LogP contribution is -2.01. The Bertz CT molecular complexity index is 518. The highest BCUT2D eigenvalue weighted by Crippen LogP contribution is 2.48. The van der Waals surface area contributed by atoms with E-state index < -0.39 is 0 Å². The van der Waals surface area contributed by atoms with E-state index in [1.807, 2.05) is 6.07 Å². The largest absolute Gasteiger partial charge is 0.440 e. The minimum absolute atomic E-state index is 0.589. The first-order chi connectivity index (χ1) is 7.83. The minimum Gasteiger partial charge on any atom is -0.440 e. The highest BCUT2D eigenvalue weighted by Gasteiger charge is 2.38. The van der Waals surface area contributed by atoms with Crippen molar-refractivity contribution in [1.29, 1.82) is 0 Å². The van der Waals surface area contributed by atoms with E-state index in [-0.39, 0.29) is 0 Å². The van der Waals surface area contributed by atoms with Crippen LogP contribution in [0.3, 0.4) is 0 Å². The maximum atomic E-state index is 5.79. The number of aromatic nitrogens is 1. The Hall–Kier alpha value is -1.35. The molecule has 2 atom stereocenters. The third-order valence-electron chi connectivity index (χ3n) is 3.42. The number of fused-ring (bicyclic) bond motifs is 1. The van der Waals surface area contributed by atoms with E-state index in [4.69, 9.17) is 10.2 Å². The number of nitrogens with two attached hydrogens (primary N) is 1. The van der Waals surface area contributed by atoms with E-state index in [0.717, 1.165) is 30.0 Å². The number of para-hydroxylation sites is 1. The highest BCUT2D eigenvalue weighted by molar-refractivity contribution is 5.77. The predicted octanol–water partition coefficient (Wildman–Crippen LogP) is 2.45. The second-order valence-corrected chi connectivity index (χ2v) is 4.49. The molecule has 2 aromatic rings. The average Bonchev–Trinajstić information content (AvgIpc) is 2.98. The lowest BCUT2D eigenvalue weighted by Gasteiger charge is -1.99. The molecule has 1 saturated carbocycles. The molecule has 84 valence electrons. The Kier molecular flexibility index (Phi) is 2.21. The van der Waals surface area contributed by atoms with E-state index in [1.54, 1.807) is 0 Å². The van der Waals surface area contributed by atoms with Crippen molar-refractivity contribution in [2.45, 2.75) is 25.7 Å². The number of nitrogens with zero attached hydrogens (tertiary/aromatic N) is 1. The summed E-state index contributed by atoms with van der Waals surface area (Å²) in [6, 6.07) is 6.22. The maximum Gasteiger partial charge on any atom is 0.195 e. The van der Waals surface area contributed by atoms with Gasteiger partial charge in [-0.2, -0.15) is 0 Å². The van der Waals surface area contributed by atoms with Crippen LogP contribution in [-0.2, 0) is 6.42 Å². The van der Waals surface area contributed by atoms with Gasteiger partial charge in [-0.15, -0.1) is 0 Å². The van der Waals surface area contributed by atoms with Crippen LogP contribution in [-0.4, -0.2) is 11.5 Å². The van der Waals surface area contributed by atoms with E-state index in [1.165, 1.54) is 12.0 Å². The van der Waals surface area contributed by atoms with Gasteiger partial charge in [0.25, 0.3) is 0 Å². The minimum atomic E-state index is 0.589. The molecule has 0 amide bonds. The monoisotopic (exact) mass is 216 g/mol. The molecule has 0 bridgehead atoms. The van der Waals surface area contributed by atoms with Gasteiger partial charge in [0.2, 0.25) is 0 Å². The molecule has 3 nitrogen and oxygen atoms in total. The summed E-state index contributed by atoms with van der Waals surface area (Å²) in [5, 5.41) is 0. The third-order valence-corrected chi connectivity index (χ3v) is 3.42. The molecule has 0 unspecified atom stereocenters. The molecule has 0 saturated heterocycles. The van der Waals surface area contributed by atoms with Crippen LogP contribution in [0.25, 0.3) is 11.1 Å². The van der Waals surface area contributed by atoms with Crippen LogP contribution in [0.2, 0.25) is 0 Å². The summed E-state index contributed by atoms with van der Waals surface area (Å²) in [5.74, 6) is 2.06. The zero-order chi connectivity index (χ0) is 11.1. The molecule has 1 aromatic carbocycles. The normalized spacial score (nSPS) is 23.9. The van der Waals surface area contributed by atoms with Crippen LogP contribution >= 0.6 is 0 Å². The quantitative estimate of drug-likeness (QED) is 0.857. The fraction of sp³-hybridized carbons (Fsp3) is 0.462. The summed E-state index contributed by atoms with van der Waals surface area (Å²) in [4.78, 5) is 4.45. The van der Waals surface area contributed by atoms with E-state index in [2.05, 4.69) is 24.0 Å². The van der Waals surface area contributed by atoms with Gasteiger partial charge in [0.1, 0.15) is 5.52 Å². The van der Waals surface area contributed by atoms with Crippen LogP contribution in [0.15, 0.2) is 22.6 Å². The van der Waals surface area contributed by atoms with Crippen molar-refractivity contribution >= 4 is 11.1 Å². The molecule has 0 spiro atoms. The van der Waals surface area contributed by atoms with Gasteiger partial charge in [-0.1, -0.05) is 19.1 Å². The zero-order valence-corrected chi connectivity index (χ0v) is 9.44. The molecule has 3 heteroatoms. The van der Waals surface area contributed by atoms with E-state index >= 15 is 0 Å². The highest BCUT2D eigenvalue weighted by atomic mass is 16.3. The SMILES string of the molecule is CCc1nc2cccc([C@@H]3C[C@H]3CN)c2o1. The fourth-order valence-corrected chi connectivity index (χ4v) is 2.35. The maximum absolute atomic E-state index is 5.79. The van der Waals surface area contributed by atoms with Crippen molar-refractivity contribution in [2.24, 2.45) is 11.7 Å². The van der Waals surface area contributed by atoms with Crippen molar-refractivity contribution in [3.63, 3.8) is 0 Å². The van der Waals surface area contributed by atoms with Crippen LogP contribution in [0.5, 0.6) is 0 Å². The lowest BCUT2D eigenvalue weighted by molar-refractivity contribution is 0.534. The number of aryl methyl sites for hydroxylation is 1. The van der Waals surface area contributed by atoms with Crippen molar-refractivity contribution in [3.05, 3.63) is 29.7 Å². The van der Waals surface area contributed by atoms with Gasteiger partial charge >= 0.3 is 0 Å². The Morgan fingerprint density at radius 1 is 1.50 bits per heavy atom. The smallest absolute Gasteiger partial charge is 0.195 e. The summed E-state index contributed by atoms with van der Waals surface area (Å²) in [6.45, 7) is 2.83. The fourth-order valence-electron chi connectivity index (χ4n) is 2.35. The Labute approximate surface area is 94.7 Å². The lowest BCUT2D eigenvalue weighted by atomic mass is 10.1. The van der Waals surface area contributed by atoms with Crippen LogP contribution in [0, 0.1) is 5.92 Å². The summed E-state index contributed by atoms with van der Waals surface area (Å²) in [6.07, 6.45) is 2.04. The number of hydrogen-bond donors (Lipinski definition) is 1. The summed E-state index contributed by atoms with van der Waals surface area (Å²) >= 11 is 0. The molecule has 0 radical (unpaired) electrons. The van der Waals surface area contributed by atoms with Crippen molar-refractivity contribution in [2.75, 3.05) is 6.54 Å². The van der Waals surface area contributed by atoms with Crippen LogP contribution in [0.1, 0.15) is 30.7 Å². The van der Waals surface area contributed by atoms with Crippen molar-refractivity contribution < 1.29 is 4.42 Å². The predicted molar refractivity (Wildman–Crippen MR) is 63.3 cm³/mol. The second-order valence-electron chi connectivity index (χ2n) is 4.49. The second kappa shape index (κ2) is 3.59. The van der Waals surface area contributed by atoms with E-state index in [0.29, 0.717) is 11.8 Å². The number of benzene rings is 1. The van der Waals surface area contributed by atoms with Gasteiger partial charge in [-0.05, 0) is 30.9 Å². The molecular weight excluding hydrogens is 200 g/mol. The van der Waals surface area contributed by atoms with Crippen LogP contribution in [0.4, 0.5) is 0 Å². The number of oxazole rings is 1. The van der Waals surface area contributed by atoms with Crippen molar-refractivity contribution in [3.8, 4) is 0 Å². The molecule has 1 aliphatic rings. The molecule has 1 aromatic heterocycles. The molecule has 2 N–H and O–H groups in total. The molecular formula is C13H16N2O. The molecule has 0 aliphatic heterocycles. The third kappa shape index (κ3) is 1.43. The Balaban J connectivity index is 2.07. The van der Waals surface area contributed by atoms with E-state index in [9.17, 15) is 0 Å². The summed E-state index contributed by atoms with van der Waals surface area (Å²) < 4.78 is 5.79. The van der Waals surface area contributed by atoms with Gasteiger partial charge in [-0.3, -0.25) is 0 Å². The Morgan fingerprint density at radius 3 is 3.06 bits per heavy atom. The summed E-state index contributed by atoms with van der Waals surface area (Å²) in [7, 11) is 0. The van der Waals surface area contributed by atoms with Crippen LogP contribution < -0.4 is 5.73 Å². The summed E-state index contributed by atoms with van der Waals surface area (Å²) in [5.41, 5.74) is 8.94. The first-order valence-electron chi connectivity index (χ1n) is 5.92. The van der Waals surface area contributed by atoms with Crippen molar-refractivity contribution in [1.82, 2.24) is 4.98 Å². The van der Waals surface area contributed by atoms with Gasteiger partial charge in [-0.25, -0.2) is 4.98 Å². The molecule has 1 fully saturated rings. The molecule has 16 heavy (non-hydrogen) atoms. The molecule has 1 aliphatic carbocycles. The van der Waals surface area contributed by atoms with Gasteiger partial charge in [0, 0.05) is 12.0 Å². The molecule has 1 heterocycles. The average molecular weight is 216 g/mol. The number of rotatable bonds is 3. The first-order valence-corrected chi connectivity index (χ1v) is 5.92. The van der Waals surface area contributed by atoms with Gasteiger partial charge in [0.15, 0.2) is 11.5 Å². The first kappa shape index (κ1) is 9.85. The van der Waals surface area contributed by atoms with Gasteiger partial charge in [0.05, 0.1) is 0 Å².